The molecule has 0 aromatic carbocycles. The Kier molecular flexibility index (Phi) is 4.04. The molecule has 6 heteroatoms. The van der Waals surface area contributed by atoms with Crippen molar-refractivity contribution in [2.24, 2.45) is 17.8 Å². The molecular formula is C16H21NO5. The predicted molar refractivity (Wildman–Crippen MR) is 76.0 cm³/mol. The number of rotatable bonds is 6. The van der Waals surface area contributed by atoms with E-state index in [1.165, 1.54) is 0 Å². The van der Waals surface area contributed by atoms with Crippen LogP contribution in [0.15, 0.2) is 12.2 Å². The minimum Gasteiger partial charge on any atom is -0.365 e. The Balaban J connectivity index is 1.67. The van der Waals surface area contributed by atoms with Gasteiger partial charge < -0.3 is 9.57 Å². The van der Waals surface area contributed by atoms with Crippen LogP contribution in [0.1, 0.15) is 39.5 Å². The Morgan fingerprint density at radius 1 is 1.23 bits per heavy atom. The lowest BCUT2D eigenvalue weighted by atomic mass is 9.85. The van der Waals surface area contributed by atoms with E-state index in [1.54, 1.807) is 12.2 Å². The molecule has 120 valence electrons. The predicted octanol–water partition coefficient (Wildman–Crippen LogP) is 1.60. The summed E-state index contributed by atoms with van der Waals surface area (Å²) in [4.78, 5) is 42.1. The summed E-state index contributed by atoms with van der Waals surface area (Å²) in [5.41, 5.74) is 0. The lowest BCUT2D eigenvalue weighted by Gasteiger charge is -2.19. The van der Waals surface area contributed by atoms with Gasteiger partial charge in [0, 0.05) is 0 Å². The molecule has 6 nitrogen and oxygen atoms in total. The first-order valence-electron chi connectivity index (χ1n) is 8.01. The van der Waals surface area contributed by atoms with E-state index in [9.17, 15) is 14.4 Å². The maximum atomic E-state index is 12.4. The van der Waals surface area contributed by atoms with Crippen molar-refractivity contribution in [3.05, 3.63) is 12.2 Å². The van der Waals surface area contributed by atoms with Gasteiger partial charge in [0.1, 0.15) is 0 Å². The Hall–Kier alpha value is -1.69. The van der Waals surface area contributed by atoms with E-state index < -0.39 is 29.6 Å². The zero-order valence-corrected chi connectivity index (χ0v) is 12.9. The van der Waals surface area contributed by atoms with Crippen LogP contribution in [0, 0.1) is 17.8 Å². The number of nitrogens with zero attached hydrogens (tertiary/aromatic N) is 1. The van der Waals surface area contributed by atoms with Gasteiger partial charge in [-0.2, -0.15) is 0 Å². The maximum Gasteiger partial charge on any atom is 0.336 e. The summed E-state index contributed by atoms with van der Waals surface area (Å²) in [6.45, 7) is 3.96. The molecule has 3 aliphatic heterocycles. The smallest absolute Gasteiger partial charge is 0.336 e. The van der Waals surface area contributed by atoms with Gasteiger partial charge in [-0.3, -0.25) is 9.59 Å². The number of hydrogen-bond acceptors (Lipinski definition) is 5. The highest BCUT2D eigenvalue weighted by atomic mass is 16.7. The lowest BCUT2D eigenvalue weighted by Crippen LogP contribution is -2.38. The third-order valence-corrected chi connectivity index (χ3v) is 4.78. The van der Waals surface area contributed by atoms with Gasteiger partial charge >= 0.3 is 5.97 Å². The van der Waals surface area contributed by atoms with Crippen molar-refractivity contribution in [3.8, 4) is 0 Å². The van der Waals surface area contributed by atoms with E-state index in [-0.39, 0.29) is 18.1 Å². The van der Waals surface area contributed by atoms with Crippen LogP contribution in [-0.4, -0.2) is 35.1 Å². The molecule has 22 heavy (non-hydrogen) atoms. The molecule has 3 rings (SSSR count). The third-order valence-electron chi connectivity index (χ3n) is 4.78. The molecule has 3 heterocycles. The topological polar surface area (TPSA) is 72.9 Å². The molecule has 3 unspecified atom stereocenters. The van der Waals surface area contributed by atoms with Gasteiger partial charge in [-0.1, -0.05) is 38.8 Å². The van der Waals surface area contributed by atoms with Gasteiger partial charge in [-0.25, -0.2) is 4.79 Å². The zero-order chi connectivity index (χ0) is 15.9. The summed E-state index contributed by atoms with van der Waals surface area (Å²) in [5, 5.41) is 0.682. The molecule has 2 bridgehead atoms. The fourth-order valence-electron chi connectivity index (χ4n) is 3.47. The van der Waals surface area contributed by atoms with Gasteiger partial charge in [0.2, 0.25) is 0 Å². The second-order valence-corrected chi connectivity index (χ2v) is 6.13. The fraction of sp³-hybridized carbons (Fsp3) is 0.688. The summed E-state index contributed by atoms with van der Waals surface area (Å²) in [6, 6.07) is 0. The number of imide groups is 1. The first-order valence-corrected chi connectivity index (χ1v) is 8.01. The molecule has 0 aromatic heterocycles. The van der Waals surface area contributed by atoms with Crippen LogP contribution in [0.4, 0.5) is 0 Å². The minimum absolute atomic E-state index is 0.271. The number of carbonyl (C=O) groups is 3. The van der Waals surface area contributed by atoms with Crippen molar-refractivity contribution < 1.29 is 24.0 Å². The first kappa shape index (κ1) is 15.2. The highest BCUT2D eigenvalue weighted by molar-refractivity contribution is 6.06. The van der Waals surface area contributed by atoms with Crippen molar-refractivity contribution in [1.29, 1.82) is 0 Å². The standard InChI is InChI=1S/C16H21NO5/c1-3-5-6-9(4-2)16(20)22-17-14(18)12-10-7-8-11(21-10)13(12)15(17)19/h7-13H,3-6H2,1-2H3/t9?,10-,11+,12?,13?. The van der Waals surface area contributed by atoms with Gasteiger partial charge in [0.25, 0.3) is 11.8 Å². The number of fused-ring (bicyclic) bond motifs is 5. The second-order valence-electron chi connectivity index (χ2n) is 6.13. The van der Waals surface area contributed by atoms with E-state index in [2.05, 4.69) is 6.92 Å². The lowest BCUT2D eigenvalue weighted by molar-refractivity contribution is -0.203. The molecule has 3 aliphatic rings. The summed E-state index contributed by atoms with van der Waals surface area (Å²) >= 11 is 0. The Bertz CT molecular complexity index is 499. The van der Waals surface area contributed by atoms with E-state index >= 15 is 0 Å². The van der Waals surface area contributed by atoms with Gasteiger partial charge in [-0.15, -0.1) is 5.06 Å². The number of unbranched alkanes of at least 4 members (excludes halogenated alkanes) is 1. The van der Waals surface area contributed by atoms with Gasteiger partial charge in [0.05, 0.1) is 30.0 Å². The summed E-state index contributed by atoms with van der Waals surface area (Å²) in [7, 11) is 0. The van der Waals surface area contributed by atoms with Crippen molar-refractivity contribution >= 4 is 17.8 Å². The van der Waals surface area contributed by atoms with Crippen molar-refractivity contribution in [2.45, 2.75) is 51.7 Å². The monoisotopic (exact) mass is 307 g/mol. The van der Waals surface area contributed by atoms with Crippen LogP contribution < -0.4 is 0 Å². The van der Waals surface area contributed by atoms with Crippen molar-refractivity contribution in [1.82, 2.24) is 5.06 Å². The Morgan fingerprint density at radius 2 is 1.82 bits per heavy atom. The van der Waals surface area contributed by atoms with Crippen molar-refractivity contribution in [2.75, 3.05) is 0 Å². The SMILES string of the molecule is CCCCC(CC)C(=O)ON1C(=O)C2C(C1=O)[C@H]1C=C[C@@H]2O1. The summed E-state index contributed by atoms with van der Waals surface area (Å²) < 4.78 is 5.54. The summed E-state index contributed by atoms with van der Waals surface area (Å²) in [5.74, 6) is -2.74. The molecule has 2 saturated heterocycles. The normalized spacial score (nSPS) is 33.5. The maximum absolute atomic E-state index is 12.4. The average molecular weight is 307 g/mol. The molecule has 0 radical (unpaired) electrons. The Labute approximate surface area is 129 Å². The van der Waals surface area contributed by atoms with Crippen LogP contribution >= 0.6 is 0 Å². The fourth-order valence-corrected chi connectivity index (χ4v) is 3.47. The molecule has 2 amide bonds. The molecule has 0 saturated carbocycles. The quantitative estimate of drug-likeness (QED) is 0.550. The van der Waals surface area contributed by atoms with E-state index in [0.717, 1.165) is 12.8 Å². The van der Waals surface area contributed by atoms with E-state index in [1.807, 2.05) is 6.92 Å². The van der Waals surface area contributed by atoms with E-state index in [4.69, 9.17) is 9.57 Å². The molecule has 2 fully saturated rings. The minimum atomic E-state index is -0.536. The van der Waals surface area contributed by atoms with Crippen LogP contribution in [0.2, 0.25) is 0 Å². The first-order chi connectivity index (χ1) is 10.6. The number of ether oxygens (including phenoxy) is 1. The number of hydrogen-bond donors (Lipinski definition) is 0. The molecule has 0 N–H and O–H groups in total. The van der Waals surface area contributed by atoms with Gasteiger partial charge in [0.15, 0.2) is 0 Å². The molecule has 5 atom stereocenters. The van der Waals surface area contributed by atoms with E-state index in [0.29, 0.717) is 17.9 Å². The highest BCUT2D eigenvalue weighted by Crippen LogP contribution is 2.45. The Morgan fingerprint density at radius 3 is 2.32 bits per heavy atom. The number of carbonyl (C=O) groups excluding carboxylic acids is 3. The summed E-state index contributed by atoms with van der Waals surface area (Å²) in [6.07, 6.45) is 6.14. The van der Waals surface area contributed by atoms with Crippen LogP contribution in [0.3, 0.4) is 0 Å². The second kappa shape index (κ2) is 5.83. The van der Waals surface area contributed by atoms with Crippen LogP contribution in [-0.2, 0) is 24.0 Å². The largest absolute Gasteiger partial charge is 0.365 e. The average Bonchev–Trinajstić information content (AvgIpc) is 3.18. The van der Waals surface area contributed by atoms with Crippen LogP contribution in [0.5, 0.6) is 0 Å². The molecule has 0 aliphatic carbocycles. The molecule has 0 spiro atoms. The highest BCUT2D eigenvalue weighted by Gasteiger charge is 2.62. The molecule has 0 aromatic rings. The number of hydroxylamine groups is 2. The number of amides is 2. The molecular weight excluding hydrogens is 286 g/mol. The van der Waals surface area contributed by atoms with Crippen molar-refractivity contribution in [3.63, 3.8) is 0 Å². The van der Waals surface area contributed by atoms with Gasteiger partial charge in [-0.05, 0) is 12.8 Å². The zero-order valence-electron chi connectivity index (χ0n) is 12.9. The third kappa shape index (κ3) is 2.26. The van der Waals surface area contributed by atoms with Crippen LogP contribution in [0.25, 0.3) is 0 Å².